The Morgan fingerprint density at radius 1 is 1.15 bits per heavy atom. The van der Waals surface area contributed by atoms with Crippen molar-refractivity contribution in [2.45, 2.75) is 45.1 Å². The fourth-order valence-electron chi connectivity index (χ4n) is 5.12. The molecule has 0 spiro atoms. The highest BCUT2D eigenvalue weighted by molar-refractivity contribution is 6.05. The molecule has 1 saturated carbocycles. The van der Waals surface area contributed by atoms with Gasteiger partial charge in [0, 0.05) is 30.1 Å². The maximum absolute atomic E-state index is 15.2. The summed E-state index contributed by atoms with van der Waals surface area (Å²) >= 11 is 0. The number of pyridine rings is 1. The number of carbonyl (C=O) groups is 1. The van der Waals surface area contributed by atoms with Crippen LogP contribution < -0.4 is 15.7 Å². The van der Waals surface area contributed by atoms with E-state index in [2.05, 4.69) is 30.4 Å². The van der Waals surface area contributed by atoms with Gasteiger partial charge >= 0.3 is 5.69 Å². The number of benzene rings is 1. The van der Waals surface area contributed by atoms with Crippen molar-refractivity contribution in [3.05, 3.63) is 82.9 Å². The molecule has 1 aromatic carbocycles. The number of nitrogens with one attached hydrogen (secondary N) is 2. The van der Waals surface area contributed by atoms with Crippen molar-refractivity contribution in [3.63, 3.8) is 0 Å². The first-order valence-electron chi connectivity index (χ1n) is 12.7. The van der Waals surface area contributed by atoms with Gasteiger partial charge in [0.25, 0.3) is 5.91 Å². The smallest absolute Gasteiger partial charge is 0.328 e. The van der Waals surface area contributed by atoms with E-state index in [4.69, 9.17) is 4.74 Å². The van der Waals surface area contributed by atoms with Crippen molar-refractivity contribution >= 4 is 22.8 Å². The van der Waals surface area contributed by atoms with Crippen LogP contribution in [0.15, 0.2) is 60.2 Å². The Kier molecular flexibility index (Phi) is 6.35. The molecule has 2 N–H and O–H groups in total. The van der Waals surface area contributed by atoms with Crippen LogP contribution in [0.25, 0.3) is 16.9 Å². The van der Waals surface area contributed by atoms with Gasteiger partial charge < -0.3 is 10.1 Å². The van der Waals surface area contributed by atoms with E-state index in [0.29, 0.717) is 40.3 Å². The van der Waals surface area contributed by atoms with Gasteiger partial charge in [0.1, 0.15) is 17.5 Å². The highest BCUT2D eigenvalue weighted by Crippen LogP contribution is 2.35. The fourth-order valence-corrected chi connectivity index (χ4v) is 5.12. The van der Waals surface area contributed by atoms with E-state index < -0.39 is 11.7 Å². The van der Waals surface area contributed by atoms with E-state index >= 15 is 4.39 Å². The summed E-state index contributed by atoms with van der Waals surface area (Å²) in [5, 5.41) is 7.04. The highest BCUT2D eigenvalue weighted by atomic mass is 19.1. The first-order valence-corrected chi connectivity index (χ1v) is 12.7. The number of hydrogen-bond acceptors (Lipinski definition) is 7. The summed E-state index contributed by atoms with van der Waals surface area (Å²) in [5.41, 5.74) is 2.57. The van der Waals surface area contributed by atoms with Gasteiger partial charge in [0.15, 0.2) is 23.0 Å². The molecule has 1 aliphatic rings. The van der Waals surface area contributed by atoms with E-state index in [1.807, 2.05) is 6.92 Å². The molecule has 0 aliphatic heterocycles. The van der Waals surface area contributed by atoms with Crippen molar-refractivity contribution < 1.29 is 13.9 Å². The predicted octanol–water partition coefficient (Wildman–Crippen LogP) is 4.56. The predicted molar refractivity (Wildman–Crippen MR) is 141 cm³/mol. The summed E-state index contributed by atoms with van der Waals surface area (Å²) in [6.07, 6.45) is 12.0. The zero-order valence-corrected chi connectivity index (χ0v) is 21.1. The highest BCUT2D eigenvalue weighted by Gasteiger charge is 2.24. The van der Waals surface area contributed by atoms with Crippen molar-refractivity contribution in [1.29, 1.82) is 0 Å². The van der Waals surface area contributed by atoms with Crippen LogP contribution in [-0.2, 0) is 6.42 Å². The molecular weight excluding hydrogens is 503 g/mol. The molecule has 12 heteroatoms. The Morgan fingerprint density at radius 2 is 1.95 bits per heavy atom. The van der Waals surface area contributed by atoms with Crippen LogP contribution >= 0.6 is 0 Å². The monoisotopic (exact) mass is 528 g/mol. The SMILES string of the molecule is CCc1c(C(=O)Nc2ccc(Oc3ccnc4[nH]c(=O)n(C5CCCC5)c34)c(F)c2)cnn1-c1cncnc1. The molecule has 1 aliphatic carbocycles. The molecule has 39 heavy (non-hydrogen) atoms. The standard InChI is InChI=1S/C27H25FN8O3/c1-2-21-19(14-32-36(21)18-12-29-15-30-13-18)26(37)33-16-7-8-22(20(28)11-16)39-23-9-10-31-25-24(23)35(27(38)34-25)17-5-3-4-6-17/h7-15,17H,2-6H2,1H3,(H,33,37)(H,31,34,38). The van der Waals surface area contributed by atoms with Gasteiger partial charge in [0.2, 0.25) is 0 Å². The Balaban J connectivity index is 1.25. The second-order valence-corrected chi connectivity index (χ2v) is 9.31. The van der Waals surface area contributed by atoms with Gasteiger partial charge in [-0.25, -0.2) is 28.8 Å². The number of aromatic nitrogens is 7. The third-order valence-electron chi connectivity index (χ3n) is 6.91. The number of halogens is 1. The molecule has 6 rings (SSSR count). The number of fused-ring (bicyclic) bond motifs is 1. The van der Waals surface area contributed by atoms with Gasteiger partial charge in [-0.05, 0) is 31.4 Å². The summed E-state index contributed by atoms with van der Waals surface area (Å²) < 4.78 is 24.4. The Hall–Kier alpha value is -4.87. The maximum atomic E-state index is 15.2. The number of amides is 1. The second kappa shape index (κ2) is 10.1. The molecular formula is C27H25FN8O3. The molecule has 0 radical (unpaired) electrons. The van der Waals surface area contributed by atoms with Gasteiger partial charge in [-0.15, -0.1) is 0 Å². The Morgan fingerprint density at radius 3 is 2.69 bits per heavy atom. The molecule has 0 atom stereocenters. The van der Waals surface area contributed by atoms with Crippen molar-refractivity contribution in [2.75, 3.05) is 5.32 Å². The number of aromatic amines is 1. The van der Waals surface area contributed by atoms with Crippen LogP contribution in [0, 0.1) is 5.82 Å². The molecule has 11 nitrogen and oxygen atoms in total. The lowest BCUT2D eigenvalue weighted by molar-refractivity contribution is 0.102. The normalized spacial score (nSPS) is 13.7. The number of H-pyrrole nitrogens is 1. The molecule has 4 aromatic heterocycles. The maximum Gasteiger partial charge on any atom is 0.328 e. The van der Waals surface area contributed by atoms with Gasteiger partial charge in [0.05, 0.1) is 29.8 Å². The number of nitrogens with zero attached hydrogens (tertiary/aromatic N) is 6. The quantitative estimate of drug-likeness (QED) is 0.316. The fraction of sp³-hybridized carbons (Fsp3) is 0.259. The minimum Gasteiger partial charge on any atom is -0.452 e. The number of carbonyl (C=O) groups excluding carboxylic acids is 1. The second-order valence-electron chi connectivity index (χ2n) is 9.31. The number of ether oxygens (including phenoxy) is 1. The van der Waals surface area contributed by atoms with Crippen LogP contribution in [0.3, 0.4) is 0 Å². The number of imidazole rings is 1. The van der Waals surface area contributed by atoms with E-state index in [1.54, 1.807) is 33.8 Å². The topological polar surface area (TPSA) is 133 Å². The molecule has 1 amide bonds. The summed E-state index contributed by atoms with van der Waals surface area (Å²) in [5.74, 6) is -0.813. The zero-order valence-electron chi connectivity index (χ0n) is 21.1. The average molecular weight is 529 g/mol. The van der Waals surface area contributed by atoms with E-state index in [1.165, 1.54) is 30.9 Å². The molecule has 0 saturated heterocycles. The molecule has 5 aromatic rings. The molecule has 198 valence electrons. The number of rotatable bonds is 7. The van der Waals surface area contributed by atoms with Crippen LogP contribution in [0.1, 0.15) is 54.7 Å². The lowest BCUT2D eigenvalue weighted by Crippen LogP contribution is -2.20. The lowest BCUT2D eigenvalue weighted by Gasteiger charge is -2.14. The minimum atomic E-state index is -0.670. The summed E-state index contributed by atoms with van der Waals surface area (Å²) in [7, 11) is 0. The largest absolute Gasteiger partial charge is 0.452 e. The molecule has 0 unspecified atom stereocenters. The minimum absolute atomic E-state index is 0.0433. The van der Waals surface area contributed by atoms with Crippen molar-refractivity contribution in [2.24, 2.45) is 0 Å². The Bertz CT molecular complexity index is 1720. The summed E-state index contributed by atoms with van der Waals surface area (Å²) in [6.45, 7) is 1.91. The number of anilines is 1. The van der Waals surface area contributed by atoms with Crippen LogP contribution in [0.5, 0.6) is 11.5 Å². The molecule has 4 heterocycles. The zero-order chi connectivity index (χ0) is 26.9. The summed E-state index contributed by atoms with van der Waals surface area (Å²) in [4.78, 5) is 40.8. The van der Waals surface area contributed by atoms with E-state index in [-0.39, 0.29) is 23.2 Å². The molecule has 1 fully saturated rings. The van der Waals surface area contributed by atoms with Crippen molar-refractivity contribution in [3.8, 4) is 17.2 Å². The third-order valence-corrected chi connectivity index (χ3v) is 6.91. The summed E-state index contributed by atoms with van der Waals surface area (Å²) in [6, 6.07) is 5.84. The average Bonchev–Trinajstić information content (AvgIpc) is 3.69. The first kappa shape index (κ1) is 24.5. The van der Waals surface area contributed by atoms with Crippen LogP contribution in [0.4, 0.5) is 10.1 Å². The molecule has 0 bridgehead atoms. The van der Waals surface area contributed by atoms with Crippen molar-refractivity contribution in [1.82, 2.24) is 34.3 Å². The van der Waals surface area contributed by atoms with Crippen LogP contribution in [-0.4, -0.2) is 40.2 Å². The lowest BCUT2D eigenvalue weighted by atomic mass is 10.2. The van der Waals surface area contributed by atoms with E-state index in [0.717, 1.165) is 25.7 Å². The van der Waals surface area contributed by atoms with Gasteiger partial charge in [-0.2, -0.15) is 5.10 Å². The number of hydrogen-bond donors (Lipinski definition) is 2. The third kappa shape index (κ3) is 4.54. The first-order chi connectivity index (χ1) is 19.0. The van der Waals surface area contributed by atoms with Crippen LogP contribution in [0.2, 0.25) is 0 Å². The van der Waals surface area contributed by atoms with Gasteiger partial charge in [-0.1, -0.05) is 19.8 Å². The van der Waals surface area contributed by atoms with Gasteiger partial charge in [-0.3, -0.25) is 14.3 Å². The van der Waals surface area contributed by atoms with E-state index in [9.17, 15) is 9.59 Å². The Labute approximate surface area is 221 Å².